The van der Waals surface area contributed by atoms with E-state index in [1.54, 1.807) is 36.7 Å². The Morgan fingerprint density at radius 3 is 2.72 bits per heavy atom. The molecule has 0 saturated carbocycles. The van der Waals surface area contributed by atoms with Gasteiger partial charge in [0.2, 0.25) is 7.85 Å². The summed E-state index contributed by atoms with van der Waals surface area (Å²) in [6.45, 7) is 0. The predicted molar refractivity (Wildman–Crippen MR) is 72.3 cm³/mol. The van der Waals surface area contributed by atoms with Gasteiger partial charge in [-0.2, -0.15) is 0 Å². The number of carbonyl (C=O) groups is 1. The van der Waals surface area contributed by atoms with Gasteiger partial charge in [-0.1, -0.05) is 24.3 Å². The first-order valence-corrected chi connectivity index (χ1v) is 5.63. The third-order valence-electron chi connectivity index (χ3n) is 2.57. The van der Waals surface area contributed by atoms with Crippen LogP contribution in [0.2, 0.25) is 0 Å². The zero-order valence-corrected chi connectivity index (χ0v) is 10.00. The van der Waals surface area contributed by atoms with Crippen molar-refractivity contribution in [2.24, 2.45) is 0 Å². The molecule has 0 aliphatic rings. The molecule has 1 aromatic heterocycles. The van der Waals surface area contributed by atoms with Crippen molar-refractivity contribution in [3.8, 4) is 0 Å². The fourth-order valence-corrected chi connectivity index (χ4v) is 1.76. The van der Waals surface area contributed by atoms with Crippen molar-refractivity contribution >= 4 is 19.3 Å². The third kappa shape index (κ3) is 2.75. The molecule has 2 aromatic rings. The lowest BCUT2D eigenvalue weighted by molar-refractivity contribution is 0.220. The number of para-hydroxylation sites is 1. The van der Waals surface area contributed by atoms with Gasteiger partial charge in [0.25, 0.3) is 0 Å². The first-order valence-electron chi connectivity index (χ1n) is 5.63. The molecule has 0 fully saturated rings. The van der Waals surface area contributed by atoms with E-state index in [0.29, 0.717) is 16.8 Å². The van der Waals surface area contributed by atoms with Crippen molar-refractivity contribution in [2.45, 2.75) is 6.10 Å². The lowest BCUT2D eigenvalue weighted by Gasteiger charge is -2.15. The third-order valence-corrected chi connectivity index (χ3v) is 2.57. The van der Waals surface area contributed by atoms with E-state index in [9.17, 15) is 9.90 Å². The van der Waals surface area contributed by atoms with E-state index >= 15 is 0 Å². The highest BCUT2D eigenvalue weighted by Crippen LogP contribution is 2.27. The average molecular weight is 240 g/mol. The van der Waals surface area contributed by atoms with Crippen molar-refractivity contribution in [2.75, 3.05) is 5.32 Å². The maximum Gasteiger partial charge on any atom is 0.216 e. The van der Waals surface area contributed by atoms with E-state index in [1.807, 2.05) is 12.1 Å². The molecular formula is C13H13BN2O2. The van der Waals surface area contributed by atoms with Gasteiger partial charge in [-0.05, 0) is 12.1 Å². The summed E-state index contributed by atoms with van der Waals surface area (Å²) in [5.41, 5.74) is 1.96. The van der Waals surface area contributed by atoms with E-state index in [1.165, 1.54) is 7.85 Å². The second-order valence-corrected chi connectivity index (χ2v) is 3.96. The first kappa shape index (κ1) is 12.3. The van der Waals surface area contributed by atoms with Gasteiger partial charge < -0.3 is 10.4 Å². The molecule has 5 heteroatoms. The fraction of sp³-hybridized carbons (Fsp3) is 0.0769. The Kier molecular flexibility index (Phi) is 3.74. The van der Waals surface area contributed by atoms with E-state index < -0.39 is 6.10 Å². The standard InChI is InChI=1S/C13H13BN2O2/c14-13(18)16-11-6-2-1-5-10(11)12(17)9-4-3-7-15-8-9/h1-8,12,17H,14H2,(H,16,18). The van der Waals surface area contributed by atoms with E-state index in [2.05, 4.69) is 10.3 Å². The molecule has 1 amide bonds. The second-order valence-electron chi connectivity index (χ2n) is 3.96. The van der Waals surface area contributed by atoms with Crippen LogP contribution in [-0.2, 0) is 0 Å². The van der Waals surface area contributed by atoms with Gasteiger partial charge in [-0.15, -0.1) is 0 Å². The molecular weight excluding hydrogens is 227 g/mol. The smallest absolute Gasteiger partial charge is 0.216 e. The highest BCUT2D eigenvalue weighted by atomic mass is 16.3. The highest BCUT2D eigenvalue weighted by molar-refractivity contribution is 6.60. The van der Waals surface area contributed by atoms with Gasteiger partial charge in [0.05, 0.1) is 0 Å². The zero-order valence-electron chi connectivity index (χ0n) is 10.00. The van der Waals surface area contributed by atoms with Gasteiger partial charge in [-0.25, -0.2) is 0 Å². The second kappa shape index (κ2) is 5.47. The van der Waals surface area contributed by atoms with Gasteiger partial charge in [0.15, 0.2) is 5.81 Å². The van der Waals surface area contributed by atoms with Crippen molar-refractivity contribution < 1.29 is 9.90 Å². The van der Waals surface area contributed by atoms with Crippen LogP contribution in [0.5, 0.6) is 0 Å². The van der Waals surface area contributed by atoms with Crippen LogP contribution < -0.4 is 5.32 Å². The molecule has 90 valence electrons. The summed E-state index contributed by atoms with van der Waals surface area (Å²) in [6.07, 6.45) is 2.45. The maximum absolute atomic E-state index is 11.1. The molecule has 0 aliphatic heterocycles. The molecule has 4 nitrogen and oxygen atoms in total. The molecule has 1 unspecified atom stereocenters. The van der Waals surface area contributed by atoms with Gasteiger partial charge >= 0.3 is 0 Å². The van der Waals surface area contributed by atoms with Crippen LogP contribution in [0, 0.1) is 0 Å². The monoisotopic (exact) mass is 240 g/mol. The number of pyridine rings is 1. The molecule has 1 aromatic carbocycles. The summed E-state index contributed by atoms with van der Waals surface area (Å²) >= 11 is 0. The normalized spacial score (nSPS) is 11.8. The number of aromatic nitrogens is 1. The fourth-order valence-electron chi connectivity index (χ4n) is 1.76. The number of hydrogen-bond acceptors (Lipinski definition) is 3. The summed E-state index contributed by atoms with van der Waals surface area (Å²) in [5.74, 6) is -0.166. The Labute approximate surface area is 106 Å². The number of hydrogen-bond donors (Lipinski definition) is 2. The van der Waals surface area contributed by atoms with Crippen LogP contribution in [0.15, 0.2) is 48.8 Å². The molecule has 1 atom stereocenters. The van der Waals surface area contributed by atoms with Crippen molar-refractivity contribution in [1.82, 2.24) is 4.98 Å². The largest absolute Gasteiger partial charge is 0.384 e. The Morgan fingerprint density at radius 1 is 1.28 bits per heavy atom. The first-order chi connectivity index (χ1) is 8.68. The number of nitrogens with one attached hydrogen (secondary N) is 1. The average Bonchev–Trinajstić information content (AvgIpc) is 2.39. The quantitative estimate of drug-likeness (QED) is 0.795. The number of rotatable bonds is 3. The molecule has 2 N–H and O–H groups in total. The minimum atomic E-state index is -0.804. The molecule has 0 radical (unpaired) electrons. The summed E-state index contributed by atoms with van der Waals surface area (Å²) in [7, 11) is 1.44. The lowest BCUT2D eigenvalue weighted by atomic mass is 10.0. The molecule has 1 heterocycles. The Hall–Kier alpha value is -2.14. The minimum Gasteiger partial charge on any atom is -0.384 e. The van der Waals surface area contributed by atoms with E-state index in [4.69, 9.17) is 0 Å². The van der Waals surface area contributed by atoms with Crippen LogP contribution in [0.3, 0.4) is 0 Å². The van der Waals surface area contributed by atoms with Crippen LogP contribution in [0.1, 0.15) is 17.2 Å². The summed E-state index contributed by atoms with van der Waals surface area (Å²) in [4.78, 5) is 15.1. The molecule has 0 saturated heterocycles. The topological polar surface area (TPSA) is 62.2 Å². The van der Waals surface area contributed by atoms with Crippen LogP contribution in [-0.4, -0.2) is 23.7 Å². The number of amides is 1. The Morgan fingerprint density at radius 2 is 2.06 bits per heavy atom. The summed E-state index contributed by atoms with van der Waals surface area (Å²) in [6, 6.07) is 10.7. The van der Waals surface area contributed by atoms with Gasteiger partial charge in [-0.3, -0.25) is 9.78 Å². The Balaban J connectivity index is 2.36. The number of anilines is 1. The van der Waals surface area contributed by atoms with Crippen molar-refractivity contribution in [3.05, 3.63) is 59.9 Å². The van der Waals surface area contributed by atoms with Crippen LogP contribution >= 0.6 is 0 Å². The summed E-state index contributed by atoms with van der Waals surface area (Å²) in [5, 5.41) is 13.0. The number of benzene rings is 1. The maximum atomic E-state index is 11.1. The predicted octanol–water partition coefficient (Wildman–Crippen LogP) is 1.33. The van der Waals surface area contributed by atoms with Crippen molar-refractivity contribution in [3.63, 3.8) is 0 Å². The summed E-state index contributed by atoms with van der Waals surface area (Å²) < 4.78 is 0. The van der Waals surface area contributed by atoms with Crippen LogP contribution in [0.4, 0.5) is 10.5 Å². The van der Waals surface area contributed by atoms with Crippen LogP contribution in [0.25, 0.3) is 0 Å². The SMILES string of the molecule is BC(=O)Nc1ccccc1C(O)c1cccnc1. The van der Waals surface area contributed by atoms with E-state index in [-0.39, 0.29) is 5.81 Å². The molecule has 2 rings (SSSR count). The Bertz CT molecular complexity index is 546. The number of carbonyl (C=O) groups excluding carboxylic acids is 1. The molecule has 18 heavy (non-hydrogen) atoms. The number of nitrogens with zero attached hydrogens (tertiary/aromatic N) is 1. The van der Waals surface area contributed by atoms with Gasteiger partial charge in [0, 0.05) is 29.2 Å². The highest BCUT2D eigenvalue weighted by Gasteiger charge is 2.14. The van der Waals surface area contributed by atoms with Crippen molar-refractivity contribution in [1.29, 1.82) is 0 Å². The molecule has 0 spiro atoms. The number of aliphatic hydroxyl groups is 1. The number of aliphatic hydroxyl groups excluding tert-OH is 1. The molecule has 0 bridgehead atoms. The molecule has 0 aliphatic carbocycles. The zero-order chi connectivity index (χ0) is 13.0. The lowest BCUT2D eigenvalue weighted by Crippen LogP contribution is -2.12. The van der Waals surface area contributed by atoms with Gasteiger partial charge in [0.1, 0.15) is 6.10 Å². The van der Waals surface area contributed by atoms with E-state index in [0.717, 1.165) is 0 Å². The minimum absolute atomic E-state index is 0.166.